The lowest BCUT2D eigenvalue weighted by atomic mass is 9.98. The van der Waals surface area contributed by atoms with Crippen LogP contribution in [-0.4, -0.2) is 188 Å². The summed E-state index contributed by atoms with van der Waals surface area (Å²) in [7, 11) is 0. The smallest absolute Gasteiger partial charge is 0.402 e. The summed E-state index contributed by atoms with van der Waals surface area (Å²) >= 11 is 0. The molecule has 0 bridgehead atoms. The molecule has 0 radical (unpaired) electrons. The first kappa shape index (κ1) is 48.1. The molecule has 4 heterocycles. The van der Waals surface area contributed by atoms with Crippen LogP contribution in [0.25, 0.3) is 28.4 Å². The fourth-order valence-electron chi connectivity index (χ4n) is 7.34. The topological polar surface area (TPSA) is 396 Å². The number of rotatable bonds is 12. The van der Waals surface area contributed by atoms with E-state index in [1.807, 2.05) is 0 Å². The lowest BCUT2D eigenvalue weighted by molar-refractivity contribution is -0.319. The Morgan fingerprint density at radius 3 is 1.89 bits per heavy atom. The maximum atomic E-state index is 12.6. The largest absolute Gasteiger partial charge is 0.507 e. The minimum atomic E-state index is -2.05. The van der Waals surface area contributed by atoms with E-state index in [1.165, 1.54) is 31.2 Å². The summed E-state index contributed by atoms with van der Waals surface area (Å²) in [6.45, 7) is -0.124. The lowest BCUT2D eigenvalue weighted by Gasteiger charge is -2.42. The first-order valence-electron chi connectivity index (χ1n) is 20.0. The molecule has 3 saturated heterocycles. The number of carbonyl (C=O) groups is 1. The zero-order valence-electron chi connectivity index (χ0n) is 34.2. The van der Waals surface area contributed by atoms with Gasteiger partial charge in [0.15, 0.2) is 41.1 Å². The monoisotopic (exact) mass is 935 g/mol. The van der Waals surface area contributed by atoms with Crippen LogP contribution in [0.1, 0.15) is 12.5 Å². The van der Waals surface area contributed by atoms with Crippen LogP contribution in [0.4, 0.5) is 0 Å². The second-order valence-electron chi connectivity index (χ2n) is 15.6. The minimum absolute atomic E-state index is 0.102. The molecule has 0 aliphatic carbocycles. The van der Waals surface area contributed by atoms with Crippen molar-refractivity contribution < 1.29 is 119 Å². The highest BCUT2D eigenvalue weighted by molar-refractivity contribution is 5.89. The quantitative estimate of drug-likeness (QED) is 0.0319. The van der Waals surface area contributed by atoms with Gasteiger partial charge in [0.25, 0.3) is 0 Å². The van der Waals surface area contributed by atoms with Gasteiger partial charge in [0.2, 0.25) is 18.3 Å². The second-order valence-corrected chi connectivity index (χ2v) is 15.6. The maximum absolute atomic E-state index is 12.6. The number of benzene rings is 3. The molecule has 4 aromatic rings. The Kier molecular flexibility index (Phi) is 14.3. The van der Waals surface area contributed by atoms with Gasteiger partial charge in [0.1, 0.15) is 77.9 Å². The van der Waals surface area contributed by atoms with E-state index in [9.17, 15) is 81.4 Å². The molecule has 0 unspecified atom stereocenters. The number of phenols is 6. The summed E-state index contributed by atoms with van der Waals surface area (Å²) in [6, 6.07) is 8.90. The van der Waals surface area contributed by atoms with Crippen molar-refractivity contribution in [2.45, 2.75) is 99.0 Å². The summed E-state index contributed by atoms with van der Waals surface area (Å²) in [6.07, 6.45) is -23.8. The van der Waals surface area contributed by atoms with E-state index in [2.05, 4.69) is 0 Å². The van der Waals surface area contributed by atoms with Crippen molar-refractivity contribution in [1.82, 2.24) is 0 Å². The fourth-order valence-corrected chi connectivity index (χ4v) is 7.34. The van der Waals surface area contributed by atoms with E-state index in [1.54, 1.807) is 0 Å². The molecule has 1 aromatic heterocycles. The molecule has 358 valence electrons. The molecule has 3 aliphatic rings. The van der Waals surface area contributed by atoms with Crippen molar-refractivity contribution in [3.05, 3.63) is 60.2 Å². The van der Waals surface area contributed by atoms with Gasteiger partial charge >= 0.3 is 17.3 Å². The number of esters is 1. The lowest BCUT2D eigenvalue weighted by Crippen LogP contribution is -2.62. The van der Waals surface area contributed by atoms with Gasteiger partial charge < -0.3 is 110 Å². The van der Waals surface area contributed by atoms with Gasteiger partial charge in [0.05, 0.1) is 30.9 Å². The number of carbonyl (C=O) groups excluding carboxylic acids is 1. The van der Waals surface area contributed by atoms with Crippen molar-refractivity contribution >= 4 is 23.0 Å². The zero-order chi connectivity index (χ0) is 47.9. The van der Waals surface area contributed by atoms with Crippen LogP contribution in [0.3, 0.4) is 0 Å². The Labute approximate surface area is 371 Å². The molecule has 66 heavy (non-hydrogen) atoms. The molecular formula is C42H47O24+. The molecule has 15 N–H and O–H groups in total. The zero-order valence-corrected chi connectivity index (χ0v) is 34.2. The first-order chi connectivity index (χ1) is 31.3. The van der Waals surface area contributed by atoms with Crippen LogP contribution in [0.2, 0.25) is 0 Å². The van der Waals surface area contributed by atoms with E-state index in [0.29, 0.717) is 5.56 Å². The fraction of sp³-hybridized carbons (Fsp3) is 0.429. The van der Waals surface area contributed by atoms with Gasteiger partial charge in [-0.1, -0.05) is 6.07 Å². The Bertz CT molecular complexity index is 2390. The molecule has 24 nitrogen and oxygen atoms in total. The average molecular weight is 936 g/mol. The van der Waals surface area contributed by atoms with E-state index in [0.717, 1.165) is 36.4 Å². The number of aromatic hydroxyl groups is 6. The summed E-state index contributed by atoms with van der Waals surface area (Å²) in [5.41, 5.74) is -0.0942. The molecular weight excluding hydrogens is 888 g/mol. The van der Waals surface area contributed by atoms with Crippen molar-refractivity contribution in [2.75, 3.05) is 13.2 Å². The number of aliphatic hydroxyl groups is 9. The van der Waals surface area contributed by atoms with E-state index in [4.69, 9.17) is 37.6 Å². The predicted octanol–water partition coefficient (Wildman–Crippen LogP) is -1.91. The van der Waals surface area contributed by atoms with Crippen LogP contribution >= 0.6 is 0 Å². The van der Waals surface area contributed by atoms with Gasteiger partial charge in [-0.2, -0.15) is 0 Å². The van der Waals surface area contributed by atoms with E-state index in [-0.39, 0.29) is 28.0 Å². The molecule has 3 aliphatic heterocycles. The summed E-state index contributed by atoms with van der Waals surface area (Å²) in [5.74, 6) is -6.03. The molecule has 0 amide bonds. The molecule has 15 atom stereocenters. The molecule has 24 heteroatoms. The molecule has 7 rings (SSSR count). The summed E-state index contributed by atoms with van der Waals surface area (Å²) < 4.78 is 45.7. The van der Waals surface area contributed by atoms with Crippen LogP contribution in [0, 0.1) is 0 Å². The molecule has 0 saturated carbocycles. The molecule has 3 aromatic carbocycles. The molecule has 3 fully saturated rings. The number of aliphatic hydroxyl groups excluding tert-OH is 9. The van der Waals surface area contributed by atoms with Crippen molar-refractivity contribution in [3.8, 4) is 57.3 Å². The Morgan fingerprint density at radius 1 is 0.652 bits per heavy atom. The number of hydrogen-bond acceptors (Lipinski definition) is 23. The summed E-state index contributed by atoms with van der Waals surface area (Å²) in [4.78, 5) is 12.6. The average Bonchev–Trinajstić information content (AvgIpc) is 3.28. The summed E-state index contributed by atoms with van der Waals surface area (Å²) in [5, 5.41) is 156. The maximum Gasteiger partial charge on any atom is 0.402 e. The third-order valence-electron chi connectivity index (χ3n) is 11.0. The third kappa shape index (κ3) is 9.81. The van der Waals surface area contributed by atoms with E-state index < -0.39 is 152 Å². The van der Waals surface area contributed by atoms with Gasteiger partial charge in [-0.3, -0.25) is 0 Å². The van der Waals surface area contributed by atoms with Crippen LogP contribution in [0.15, 0.2) is 59.0 Å². The van der Waals surface area contributed by atoms with Crippen LogP contribution in [0.5, 0.6) is 46.0 Å². The SMILES string of the molecule is C[C@@H]1O[C@@H](OC[C@H]2O[C@@H](Oc3cc4c(O[C@@H]5O[C@@H](CO)[C@@H](O)[C@H](O)[C@H]5O)cc(O)cc4[o+]c3-c3cc(O)c(O)c(O)c3)[C@H](O)[C@@H](O)[C@@H]2O)[C@@H](O)[C@@H](O)[C@H]1OC(=O)C=Cc1ccc(O)c(O)c1. The Morgan fingerprint density at radius 2 is 1.26 bits per heavy atom. The van der Waals surface area contributed by atoms with Gasteiger partial charge in [-0.25, -0.2) is 9.21 Å². The van der Waals surface area contributed by atoms with E-state index >= 15 is 0 Å². The number of fused-ring (bicyclic) bond motifs is 1. The minimum Gasteiger partial charge on any atom is -0.507 e. The molecule has 0 spiro atoms. The Hall–Kier alpha value is -5.84. The highest BCUT2D eigenvalue weighted by atomic mass is 16.7. The normalized spacial score (nSPS) is 32.6. The van der Waals surface area contributed by atoms with Crippen molar-refractivity contribution in [1.29, 1.82) is 0 Å². The number of phenolic OH excluding ortho intramolecular Hbond substituents is 6. The number of hydrogen-bond donors (Lipinski definition) is 15. The van der Waals surface area contributed by atoms with Gasteiger partial charge in [-0.05, 0) is 30.7 Å². The van der Waals surface area contributed by atoms with Crippen LogP contribution in [-0.2, 0) is 28.5 Å². The van der Waals surface area contributed by atoms with Crippen LogP contribution < -0.4 is 9.47 Å². The predicted molar refractivity (Wildman–Crippen MR) is 215 cm³/mol. The first-order valence-corrected chi connectivity index (χ1v) is 20.0. The van der Waals surface area contributed by atoms with Gasteiger partial charge in [0, 0.05) is 30.3 Å². The standard InChI is InChI=1S/C42H46O24/c1-14-38(66-28(49)5-3-15-2-4-19(45)20(46)6-15)34(55)37(58)40(60-14)59-13-27-31(52)33(54)36(57)42(65-27)63-25-11-18-23(61-39(25)16-7-21(47)29(50)22(48)8-16)9-17(44)10-24(18)62-41-35(56)32(53)30(51)26(12-43)64-41/h2-11,14,26-27,30-38,40-43,51-58H,12-13H2,1H3,(H5-,44,45,46,47,48,49,50)/p+1/t14-,26-,27+,30+,31+,32-,33-,34+,35+,36+,37-,38-,40+,41+,42+/m0/s1. The van der Waals surface area contributed by atoms with Gasteiger partial charge in [-0.15, -0.1) is 0 Å². The third-order valence-corrected chi connectivity index (χ3v) is 11.0. The highest BCUT2D eigenvalue weighted by Gasteiger charge is 2.50. The Balaban J connectivity index is 1.11. The highest BCUT2D eigenvalue weighted by Crippen LogP contribution is 2.45. The van der Waals surface area contributed by atoms with Crippen molar-refractivity contribution in [3.63, 3.8) is 0 Å². The number of ether oxygens (including phenoxy) is 7. The second kappa shape index (κ2) is 19.6. The van der Waals surface area contributed by atoms with Crippen molar-refractivity contribution in [2.24, 2.45) is 0 Å².